The summed E-state index contributed by atoms with van der Waals surface area (Å²) in [7, 11) is 0. The maximum absolute atomic E-state index is 12.5. The highest BCUT2D eigenvalue weighted by Crippen LogP contribution is 2.03. The first-order valence-corrected chi connectivity index (χ1v) is 10.1. The van der Waals surface area contributed by atoms with Crippen molar-refractivity contribution in [1.82, 2.24) is 16.0 Å². The number of nitrogens with one attached hydrogen (secondary N) is 3. The number of carboxylic acid groups (broad SMARTS) is 2. The van der Waals surface area contributed by atoms with Gasteiger partial charge in [0.05, 0.1) is 19.1 Å². The summed E-state index contributed by atoms with van der Waals surface area (Å²) in [6, 6.07) is 3.35. The van der Waals surface area contributed by atoms with Crippen molar-refractivity contribution in [3.05, 3.63) is 35.9 Å². The lowest BCUT2D eigenvalue weighted by atomic mass is 10.1. The van der Waals surface area contributed by atoms with Crippen LogP contribution in [-0.4, -0.2) is 81.5 Å². The molecule has 0 bridgehead atoms. The van der Waals surface area contributed by atoms with E-state index in [0.717, 1.165) is 5.56 Å². The molecule has 0 saturated carbocycles. The van der Waals surface area contributed by atoms with Crippen molar-refractivity contribution in [3.63, 3.8) is 0 Å². The highest BCUT2D eigenvalue weighted by molar-refractivity contribution is 7.80. The van der Waals surface area contributed by atoms with E-state index in [1.54, 1.807) is 30.3 Å². The second-order valence-corrected chi connectivity index (χ2v) is 7.15. The molecular formula is C19H26N4O8S. The van der Waals surface area contributed by atoms with Crippen LogP contribution in [0.3, 0.4) is 0 Å². The summed E-state index contributed by atoms with van der Waals surface area (Å²) in [5.41, 5.74) is 6.68. The molecule has 0 spiro atoms. The fourth-order valence-electron chi connectivity index (χ4n) is 2.55. The Bertz CT molecular complexity index is 823. The Morgan fingerprint density at radius 1 is 0.875 bits per heavy atom. The Morgan fingerprint density at radius 2 is 1.41 bits per heavy atom. The summed E-state index contributed by atoms with van der Waals surface area (Å²) >= 11 is 3.99. The van der Waals surface area contributed by atoms with E-state index in [4.69, 9.17) is 21.1 Å². The molecule has 4 atom stereocenters. The van der Waals surface area contributed by atoms with Crippen LogP contribution in [0.4, 0.5) is 0 Å². The molecule has 0 aliphatic heterocycles. The van der Waals surface area contributed by atoms with Crippen LogP contribution in [0.5, 0.6) is 0 Å². The predicted molar refractivity (Wildman–Crippen MR) is 115 cm³/mol. The molecule has 0 radical (unpaired) electrons. The average molecular weight is 471 g/mol. The summed E-state index contributed by atoms with van der Waals surface area (Å²) in [5.74, 6) is -5.89. The summed E-state index contributed by atoms with van der Waals surface area (Å²) in [5, 5.41) is 33.4. The zero-order valence-corrected chi connectivity index (χ0v) is 17.8. The number of nitrogens with two attached hydrogens (primary N) is 1. The molecule has 0 heterocycles. The first-order valence-electron chi connectivity index (χ1n) is 9.46. The fourth-order valence-corrected chi connectivity index (χ4v) is 2.80. The molecule has 32 heavy (non-hydrogen) atoms. The van der Waals surface area contributed by atoms with E-state index < -0.39 is 66.9 Å². The van der Waals surface area contributed by atoms with E-state index in [1.807, 2.05) is 5.32 Å². The Labute approximate surface area is 189 Å². The molecule has 0 aliphatic rings. The van der Waals surface area contributed by atoms with Crippen LogP contribution in [0.15, 0.2) is 30.3 Å². The number of amides is 3. The zero-order valence-electron chi connectivity index (χ0n) is 16.9. The van der Waals surface area contributed by atoms with Crippen LogP contribution in [0.2, 0.25) is 0 Å². The molecule has 1 rings (SSSR count). The Hall–Kier alpha value is -3.16. The lowest BCUT2D eigenvalue weighted by molar-refractivity contribution is -0.144. The van der Waals surface area contributed by atoms with Crippen molar-refractivity contribution in [2.75, 3.05) is 12.4 Å². The van der Waals surface area contributed by atoms with Crippen LogP contribution in [0.1, 0.15) is 12.0 Å². The third kappa shape index (κ3) is 8.91. The number of carbonyl (C=O) groups excluding carboxylic acids is 3. The molecule has 3 amide bonds. The van der Waals surface area contributed by atoms with Crippen LogP contribution in [0.25, 0.3) is 0 Å². The smallest absolute Gasteiger partial charge is 0.328 e. The summed E-state index contributed by atoms with van der Waals surface area (Å²) < 4.78 is 0. The summed E-state index contributed by atoms with van der Waals surface area (Å²) in [6.07, 6.45) is -0.661. The number of carbonyl (C=O) groups is 5. The number of hydrogen-bond acceptors (Lipinski definition) is 8. The van der Waals surface area contributed by atoms with Crippen molar-refractivity contribution < 1.29 is 39.3 Å². The highest BCUT2D eigenvalue weighted by Gasteiger charge is 2.31. The maximum atomic E-state index is 12.5. The average Bonchev–Trinajstić information content (AvgIpc) is 2.74. The van der Waals surface area contributed by atoms with E-state index in [-0.39, 0.29) is 12.2 Å². The Morgan fingerprint density at radius 3 is 1.91 bits per heavy atom. The van der Waals surface area contributed by atoms with Gasteiger partial charge in [0.15, 0.2) is 0 Å². The van der Waals surface area contributed by atoms with Gasteiger partial charge in [-0.3, -0.25) is 19.2 Å². The van der Waals surface area contributed by atoms with Crippen LogP contribution >= 0.6 is 12.6 Å². The SMILES string of the molecule is NC(Cc1ccccc1)C(=O)NC(CS)C(=O)NC(CC(=O)O)C(=O)NC(CO)C(=O)O. The quantitative estimate of drug-likeness (QED) is 0.143. The number of benzene rings is 1. The Balaban J connectivity index is 2.80. The standard InChI is InChI=1S/C19H26N4O8S/c20-11(6-10-4-2-1-3-5-10)16(27)23-14(9-32)18(29)21-12(7-15(25)26)17(28)22-13(8-24)19(30)31/h1-5,11-14,24,32H,6-9,20H2,(H,21,29)(H,22,28)(H,23,27)(H,25,26)(H,30,31). The van der Waals surface area contributed by atoms with Crippen LogP contribution < -0.4 is 21.7 Å². The first kappa shape index (κ1) is 26.9. The molecule has 13 heteroatoms. The number of aliphatic hydroxyl groups excluding tert-OH is 1. The van der Waals surface area contributed by atoms with Gasteiger partial charge in [-0.25, -0.2) is 4.79 Å². The lowest BCUT2D eigenvalue weighted by Gasteiger charge is -2.23. The zero-order chi connectivity index (χ0) is 24.3. The van der Waals surface area contributed by atoms with Crippen LogP contribution in [-0.2, 0) is 30.4 Å². The second kappa shape index (κ2) is 13.3. The highest BCUT2D eigenvalue weighted by atomic mass is 32.1. The first-order chi connectivity index (χ1) is 15.1. The van der Waals surface area contributed by atoms with E-state index in [2.05, 4.69) is 23.3 Å². The van der Waals surface area contributed by atoms with E-state index in [9.17, 15) is 24.0 Å². The molecule has 4 unspecified atom stereocenters. The van der Waals surface area contributed by atoms with Gasteiger partial charge in [-0.15, -0.1) is 0 Å². The van der Waals surface area contributed by atoms with Gasteiger partial charge in [0, 0.05) is 5.75 Å². The monoisotopic (exact) mass is 470 g/mol. The maximum Gasteiger partial charge on any atom is 0.328 e. The summed E-state index contributed by atoms with van der Waals surface area (Å²) in [4.78, 5) is 59.1. The van der Waals surface area contributed by atoms with Gasteiger partial charge in [0.2, 0.25) is 17.7 Å². The van der Waals surface area contributed by atoms with Gasteiger partial charge in [-0.1, -0.05) is 30.3 Å². The molecule has 176 valence electrons. The largest absolute Gasteiger partial charge is 0.481 e. The molecule has 0 fully saturated rings. The number of rotatable bonds is 13. The molecule has 1 aromatic carbocycles. The van der Waals surface area contributed by atoms with Gasteiger partial charge in [0.1, 0.15) is 18.1 Å². The van der Waals surface area contributed by atoms with Crippen molar-refractivity contribution in [2.45, 2.75) is 37.0 Å². The van der Waals surface area contributed by atoms with E-state index >= 15 is 0 Å². The van der Waals surface area contributed by atoms with Gasteiger partial charge < -0.3 is 37.0 Å². The molecule has 0 aliphatic carbocycles. The number of aliphatic hydroxyl groups is 1. The van der Waals surface area contributed by atoms with Crippen molar-refractivity contribution in [3.8, 4) is 0 Å². The van der Waals surface area contributed by atoms with Gasteiger partial charge in [-0.05, 0) is 12.0 Å². The van der Waals surface area contributed by atoms with Gasteiger partial charge in [-0.2, -0.15) is 12.6 Å². The van der Waals surface area contributed by atoms with Crippen molar-refractivity contribution in [1.29, 1.82) is 0 Å². The lowest BCUT2D eigenvalue weighted by Crippen LogP contribution is -2.58. The molecule has 12 nitrogen and oxygen atoms in total. The minimum atomic E-state index is -1.69. The minimum absolute atomic E-state index is 0.189. The third-order valence-electron chi connectivity index (χ3n) is 4.26. The number of hydrogen-bond donors (Lipinski definition) is 8. The molecule has 8 N–H and O–H groups in total. The van der Waals surface area contributed by atoms with E-state index in [0.29, 0.717) is 0 Å². The topological polar surface area (TPSA) is 208 Å². The number of thiol groups is 1. The van der Waals surface area contributed by atoms with E-state index in [1.165, 1.54) is 0 Å². The molecular weight excluding hydrogens is 444 g/mol. The van der Waals surface area contributed by atoms with Gasteiger partial charge in [0.25, 0.3) is 0 Å². The second-order valence-electron chi connectivity index (χ2n) is 6.78. The number of aliphatic carboxylic acids is 2. The Kier molecular flexibility index (Phi) is 11.2. The van der Waals surface area contributed by atoms with Gasteiger partial charge >= 0.3 is 11.9 Å². The fraction of sp³-hybridized carbons (Fsp3) is 0.421. The molecule has 0 saturated heterocycles. The van der Waals surface area contributed by atoms with Crippen LogP contribution in [0, 0.1) is 0 Å². The minimum Gasteiger partial charge on any atom is -0.481 e. The van der Waals surface area contributed by atoms with Crippen molar-refractivity contribution in [2.24, 2.45) is 5.73 Å². The number of carboxylic acids is 2. The summed E-state index contributed by atoms with van der Waals surface area (Å²) in [6.45, 7) is -0.941. The third-order valence-corrected chi connectivity index (χ3v) is 4.62. The normalized spacial score (nSPS) is 14.3. The van der Waals surface area contributed by atoms with Crippen molar-refractivity contribution >= 4 is 42.3 Å². The molecule has 1 aromatic rings. The molecule has 0 aromatic heterocycles. The predicted octanol–water partition coefficient (Wildman–Crippen LogP) is -2.51.